The highest BCUT2D eigenvalue weighted by molar-refractivity contribution is 5.79. The van der Waals surface area contributed by atoms with E-state index >= 15 is 0 Å². The zero-order valence-corrected chi connectivity index (χ0v) is 20.4. The lowest BCUT2D eigenvalue weighted by Crippen LogP contribution is -2.43. The Morgan fingerprint density at radius 2 is 1.83 bits per heavy atom. The molecule has 7 nitrogen and oxygen atoms in total. The summed E-state index contributed by atoms with van der Waals surface area (Å²) in [6.07, 6.45) is 3.57. The van der Waals surface area contributed by atoms with E-state index < -0.39 is 0 Å². The van der Waals surface area contributed by atoms with Crippen molar-refractivity contribution in [3.63, 3.8) is 0 Å². The van der Waals surface area contributed by atoms with Crippen LogP contribution in [0, 0.1) is 12.8 Å². The van der Waals surface area contributed by atoms with Crippen LogP contribution < -0.4 is 10.2 Å². The van der Waals surface area contributed by atoms with Crippen LogP contribution in [0.2, 0.25) is 0 Å². The first-order chi connectivity index (χ1) is 17.1. The molecule has 7 heteroatoms. The predicted octanol–water partition coefficient (Wildman–Crippen LogP) is 4.45. The minimum Gasteiger partial charge on any atom is -0.355 e. The van der Waals surface area contributed by atoms with Gasteiger partial charge in [-0.1, -0.05) is 54.1 Å². The molecule has 2 aromatic heterocycles. The Morgan fingerprint density at radius 1 is 1.03 bits per heavy atom. The number of aromatic nitrogens is 4. The van der Waals surface area contributed by atoms with Gasteiger partial charge in [0.25, 0.3) is 0 Å². The summed E-state index contributed by atoms with van der Waals surface area (Å²) in [5, 5.41) is 16.7. The highest BCUT2D eigenvalue weighted by Gasteiger charge is 2.26. The Balaban J connectivity index is 1.19. The molecule has 1 amide bonds. The molecule has 1 aliphatic rings. The number of piperidine rings is 1. The molecule has 180 valence electrons. The molecular formula is C28H32N6O. The lowest BCUT2D eigenvalue weighted by Gasteiger charge is -2.32. The van der Waals surface area contributed by atoms with E-state index in [4.69, 9.17) is 5.10 Å². The van der Waals surface area contributed by atoms with E-state index in [2.05, 4.69) is 70.7 Å². The Bertz CT molecular complexity index is 1290. The van der Waals surface area contributed by atoms with Gasteiger partial charge in [-0.05, 0) is 63.3 Å². The van der Waals surface area contributed by atoms with Crippen LogP contribution >= 0.6 is 0 Å². The second kappa shape index (κ2) is 10.3. The summed E-state index contributed by atoms with van der Waals surface area (Å²) in [4.78, 5) is 15.1. The fourth-order valence-corrected chi connectivity index (χ4v) is 4.74. The largest absolute Gasteiger partial charge is 0.355 e. The molecule has 5 rings (SSSR count). The first-order valence-electron chi connectivity index (χ1n) is 12.5. The fourth-order valence-electron chi connectivity index (χ4n) is 4.74. The average molecular weight is 469 g/mol. The van der Waals surface area contributed by atoms with Gasteiger partial charge in [-0.25, -0.2) is 0 Å². The maximum atomic E-state index is 12.9. The Kier molecular flexibility index (Phi) is 6.75. The Hall–Kier alpha value is -3.74. The van der Waals surface area contributed by atoms with E-state index in [0.29, 0.717) is 0 Å². The third kappa shape index (κ3) is 5.34. The number of hydrogen-bond acceptors (Lipinski definition) is 5. The summed E-state index contributed by atoms with van der Waals surface area (Å²) in [5.74, 6) is 1.85. The standard InChI is InChI=1S/C28H32N6O/c1-20-7-6-10-24(19-20)27-31-30-25-13-14-26(32-34(25)27)33-17-15-23(16-18-33)28(35)29-21(2)11-12-22-8-4-3-5-9-22/h3-10,13-14,19,21,23H,11-12,15-18H2,1-2H3,(H,29,35)/t21-/m1/s1. The lowest BCUT2D eigenvalue weighted by atomic mass is 9.95. The number of carbonyl (C=O) groups is 1. The zero-order valence-electron chi connectivity index (χ0n) is 20.4. The van der Waals surface area contributed by atoms with Gasteiger partial charge in [-0.15, -0.1) is 15.3 Å². The molecule has 0 radical (unpaired) electrons. The third-order valence-corrected chi connectivity index (χ3v) is 6.81. The lowest BCUT2D eigenvalue weighted by molar-refractivity contribution is -0.126. The fraction of sp³-hybridized carbons (Fsp3) is 0.357. The number of aryl methyl sites for hydroxylation is 2. The highest BCUT2D eigenvalue weighted by atomic mass is 16.1. The molecule has 1 aliphatic heterocycles. The summed E-state index contributed by atoms with van der Waals surface area (Å²) >= 11 is 0. The van der Waals surface area contributed by atoms with Crippen LogP contribution in [0.15, 0.2) is 66.7 Å². The van der Waals surface area contributed by atoms with E-state index in [1.807, 2.05) is 34.8 Å². The van der Waals surface area contributed by atoms with Crippen molar-refractivity contribution in [3.8, 4) is 11.4 Å². The molecule has 1 N–H and O–H groups in total. The van der Waals surface area contributed by atoms with Crippen molar-refractivity contribution in [2.75, 3.05) is 18.0 Å². The number of nitrogens with zero attached hydrogens (tertiary/aromatic N) is 5. The molecule has 0 spiro atoms. The molecule has 0 bridgehead atoms. The van der Waals surface area contributed by atoms with E-state index in [1.54, 1.807) is 0 Å². The van der Waals surface area contributed by atoms with Crippen LogP contribution in [0.4, 0.5) is 5.82 Å². The molecule has 1 fully saturated rings. The number of hydrogen-bond donors (Lipinski definition) is 1. The minimum absolute atomic E-state index is 0.0481. The molecule has 0 saturated carbocycles. The van der Waals surface area contributed by atoms with Crippen molar-refractivity contribution in [1.29, 1.82) is 0 Å². The molecule has 0 aliphatic carbocycles. The second-order valence-corrected chi connectivity index (χ2v) is 9.55. The molecule has 0 unspecified atom stereocenters. The molecule has 35 heavy (non-hydrogen) atoms. The van der Waals surface area contributed by atoms with Crippen molar-refractivity contribution < 1.29 is 4.79 Å². The van der Waals surface area contributed by atoms with Gasteiger partial charge in [-0.2, -0.15) is 4.52 Å². The normalized spacial score (nSPS) is 15.3. The van der Waals surface area contributed by atoms with Crippen molar-refractivity contribution >= 4 is 17.4 Å². The van der Waals surface area contributed by atoms with Gasteiger partial charge in [0.2, 0.25) is 5.91 Å². The van der Waals surface area contributed by atoms with Crippen molar-refractivity contribution in [3.05, 3.63) is 77.9 Å². The number of rotatable bonds is 7. The van der Waals surface area contributed by atoms with Crippen LogP contribution in [-0.2, 0) is 11.2 Å². The second-order valence-electron chi connectivity index (χ2n) is 9.55. The number of fused-ring (bicyclic) bond motifs is 1. The SMILES string of the molecule is Cc1cccc(-c2nnc3ccc(N4CCC(C(=O)N[C@H](C)CCc5ccccc5)CC4)nn23)c1. The number of anilines is 1. The van der Waals surface area contributed by atoms with Gasteiger partial charge in [0.1, 0.15) is 5.82 Å². The van der Waals surface area contributed by atoms with Gasteiger partial charge >= 0.3 is 0 Å². The highest BCUT2D eigenvalue weighted by Crippen LogP contribution is 2.24. The monoisotopic (exact) mass is 468 g/mol. The van der Waals surface area contributed by atoms with Crippen molar-refractivity contribution in [2.45, 2.75) is 45.6 Å². The number of nitrogens with one attached hydrogen (secondary N) is 1. The van der Waals surface area contributed by atoms with Crippen molar-refractivity contribution in [1.82, 2.24) is 25.1 Å². The van der Waals surface area contributed by atoms with Gasteiger partial charge in [0, 0.05) is 30.6 Å². The summed E-state index contributed by atoms with van der Waals surface area (Å²) in [7, 11) is 0. The average Bonchev–Trinajstić information content (AvgIpc) is 3.31. The van der Waals surface area contributed by atoms with E-state index in [-0.39, 0.29) is 17.9 Å². The first kappa shape index (κ1) is 23.0. The maximum Gasteiger partial charge on any atom is 0.223 e. The molecule has 1 atom stereocenters. The number of amides is 1. The van der Waals surface area contributed by atoms with Crippen LogP contribution in [0.5, 0.6) is 0 Å². The van der Waals surface area contributed by atoms with Crippen LogP contribution in [0.25, 0.3) is 17.0 Å². The van der Waals surface area contributed by atoms with Crippen LogP contribution in [0.1, 0.15) is 37.3 Å². The summed E-state index contributed by atoms with van der Waals surface area (Å²) in [5.41, 5.74) is 4.21. The van der Waals surface area contributed by atoms with Crippen LogP contribution in [0.3, 0.4) is 0 Å². The summed E-state index contributed by atoms with van der Waals surface area (Å²) < 4.78 is 1.82. The van der Waals surface area contributed by atoms with Gasteiger partial charge in [0.05, 0.1) is 0 Å². The van der Waals surface area contributed by atoms with Crippen LogP contribution in [-0.4, -0.2) is 44.8 Å². The van der Waals surface area contributed by atoms with E-state index in [1.165, 1.54) is 11.1 Å². The molecule has 2 aromatic carbocycles. The molecule has 3 heterocycles. The van der Waals surface area contributed by atoms with Gasteiger partial charge in [0.15, 0.2) is 11.5 Å². The van der Waals surface area contributed by atoms with E-state index in [0.717, 1.165) is 61.6 Å². The zero-order chi connectivity index (χ0) is 24.2. The number of benzene rings is 2. The smallest absolute Gasteiger partial charge is 0.223 e. The van der Waals surface area contributed by atoms with Gasteiger partial charge in [-0.3, -0.25) is 4.79 Å². The summed E-state index contributed by atoms with van der Waals surface area (Å²) in [6.45, 7) is 5.77. The minimum atomic E-state index is 0.0481. The van der Waals surface area contributed by atoms with Crippen molar-refractivity contribution in [2.24, 2.45) is 5.92 Å². The Labute approximate surface area is 206 Å². The number of carbonyl (C=O) groups excluding carboxylic acids is 1. The third-order valence-electron chi connectivity index (χ3n) is 6.81. The predicted molar refractivity (Wildman–Crippen MR) is 138 cm³/mol. The molecule has 4 aromatic rings. The quantitative estimate of drug-likeness (QED) is 0.434. The first-order valence-corrected chi connectivity index (χ1v) is 12.5. The molecule has 1 saturated heterocycles. The molecular weight excluding hydrogens is 436 g/mol. The topological polar surface area (TPSA) is 75.4 Å². The Morgan fingerprint density at radius 3 is 2.60 bits per heavy atom. The summed E-state index contributed by atoms with van der Waals surface area (Å²) in [6, 6.07) is 22.8. The van der Waals surface area contributed by atoms with E-state index in [9.17, 15) is 4.79 Å². The van der Waals surface area contributed by atoms with Gasteiger partial charge < -0.3 is 10.2 Å². The maximum absolute atomic E-state index is 12.9.